The van der Waals surface area contributed by atoms with E-state index in [4.69, 9.17) is 25.8 Å². The molecule has 1 fully saturated rings. The van der Waals surface area contributed by atoms with Crippen molar-refractivity contribution in [3.05, 3.63) is 146 Å². The van der Waals surface area contributed by atoms with Gasteiger partial charge in [-0.05, 0) is 22.8 Å². The van der Waals surface area contributed by atoms with Gasteiger partial charge in [-0.3, -0.25) is 14.3 Å². The van der Waals surface area contributed by atoms with Gasteiger partial charge in [0.15, 0.2) is 0 Å². The van der Waals surface area contributed by atoms with E-state index in [2.05, 4.69) is 4.98 Å². The quantitative estimate of drug-likeness (QED) is 0.226. The molecule has 0 radical (unpaired) electrons. The first-order valence-corrected chi connectivity index (χ1v) is 14.7. The maximum atomic E-state index is 13.1. The van der Waals surface area contributed by atoms with Crippen molar-refractivity contribution < 1.29 is 14.2 Å². The molecule has 212 valence electrons. The summed E-state index contributed by atoms with van der Waals surface area (Å²) in [6, 6.07) is 29.8. The second-order valence-electron chi connectivity index (χ2n) is 9.63. The van der Waals surface area contributed by atoms with E-state index in [9.17, 15) is 9.59 Å². The van der Waals surface area contributed by atoms with Gasteiger partial charge in [0.1, 0.15) is 17.6 Å². The molecule has 1 aromatic heterocycles. The number of hydrogen-bond acceptors (Lipinski definition) is 6. The van der Waals surface area contributed by atoms with Crippen LogP contribution < -0.4 is 11.2 Å². The first-order valence-electron chi connectivity index (χ1n) is 13.3. The highest BCUT2D eigenvalue weighted by molar-refractivity contribution is 8.00. The van der Waals surface area contributed by atoms with Crippen molar-refractivity contribution in [2.75, 3.05) is 6.61 Å². The number of rotatable bonds is 12. The van der Waals surface area contributed by atoms with Gasteiger partial charge in [0.25, 0.3) is 5.56 Å². The van der Waals surface area contributed by atoms with Crippen molar-refractivity contribution in [1.29, 1.82) is 0 Å². The third kappa shape index (κ3) is 7.67. The molecular formula is C32H31ClN2O5S. The predicted molar refractivity (Wildman–Crippen MR) is 163 cm³/mol. The standard InChI is InChI=1S/C32H31ClN2O5S/c33-17-16-26-18-35(32(37)34-30(26)36)31-29(40-21-25-14-8-3-9-15-25)28(39-20-24-12-6-2-7-13-24)27(41-31)22-38-19-23-10-4-1-5-11-23/h1-18,27-29,31H,19-22H2,(H,34,36,37)/b17-16+/t27-,28-,29+,31?/m1/s1. The summed E-state index contributed by atoms with van der Waals surface area (Å²) >= 11 is 7.31. The number of aromatic amines is 1. The zero-order valence-corrected chi connectivity index (χ0v) is 23.9. The average Bonchev–Trinajstić information content (AvgIpc) is 3.34. The Labute approximate surface area is 247 Å². The van der Waals surface area contributed by atoms with Crippen LogP contribution in [-0.2, 0) is 34.0 Å². The van der Waals surface area contributed by atoms with Crippen molar-refractivity contribution in [3.8, 4) is 0 Å². The molecule has 7 nitrogen and oxygen atoms in total. The lowest BCUT2D eigenvalue weighted by atomic mass is 10.1. The van der Waals surface area contributed by atoms with E-state index in [-0.39, 0.29) is 10.8 Å². The van der Waals surface area contributed by atoms with E-state index >= 15 is 0 Å². The molecule has 0 aliphatic carbocycles. The number of ether oxygens (including phenoxy) is 3. The van der Waals surface area contributed by atoms with Gasteiger partial charge in [-0.15, -0.1) is 11.8 Å². The summed E-state index contributed by atoms with van der Waals surface area (Å²) in [6.45, 7) is 1.54. The molecule has 2 heterocycles. The van der Waals surface area contributed by atoms with Crippen LogP contribution in [0.1, 0.15) is 27.6 Å². The lowest BCUT2D eigenvalue weighted by Crippen LogP contribution is -2.41. The fraction of sp³-hybridized carbons (Fsp3) is 0.250. The lowest BCUT2D eigenvalue weighted by Gasteiger charge is -2.27. The predicted octanol–water partition coefficient (Wildman–Crippen LogP) is 5.75. The zero-order chi connectivity index (χ0) is 28.4. The van der Waals surface area contributed by atoms with Crippen LogP contribution in [0.5, 0.6) is 0 Å². The average molecular weight is 591 g/mol. The Balaban J connectivity index is 1.46. The van der Waals surface area contributed by atoms with Crippen LogP contribution in [0.25, 0.3) is 6.08 Å². The number of H-pyrrole nitrogens is 1. The topological polar surface area (TPSA) is 82.6 Å². The second-order valence-corrected chi connectivity index (χ2v) is 11.2. The number of benzene rings is 3. The Kier molecular flexibility index (Phi) is 10.3. The Morgan fingerprint density at radius 2 is 1.32 bits per heavy atom. The van der Waals surface area contributed by atoms with Gasteiger partial charge in [0.2, 0.25) is 0 Å². The largest absolute Gasteiger partial charge is 0.376 e. The summed E-state index contributed by atoms with van der Waals surface area (Å²) in [7, 11) is 0. The van der Waals surface area contributed by atoms with E-state index < -0.39 is 28.8 Å². The van der Waals surface area contributed by atoms with Crippen LogP contribution in [0, 0.1) is 0 Å². The summed E-state index contributed by atoms with van der Waals surface area (Å²) in [4.78, 5) is 27.9. The van der Waals surface area contributed by atoms with Gasteiger partial charge >= 0.3 is 5.69 Å². The van der Waals surface area contributed by atoms with E-state index in [0.717, 1.165) is 16.7 Å². The Morgan fingerprint density at radius 3 is 1.88 bits per heavy atom. The van der Waals surface area contributed by atoms with Crippen LogP contribution in [0.3, 0.4) is 0 Å². The Hall–Kier alpha value is -3.40. The van der Waals surface area contributed by atoms with Crippen molar-refractivity contribution in [3.63, 3.8) is 0 Å². The van der Waals surface area contributed by atoms with Crippen LogP contribution in [-0.4, -0.2) is 33.6 Å². The third-order valence-corrected chi connectivity index (χ3v) is 8.42. The summed E-state index contributed by atoms with van der Waals surface area (Å²) in [5.74, 6) is 0. The summed E-state index contributed by atoms with van der Waals surface area (Å²) in [5.41, 5.74) is 3.58. The van der Waals surface area contributed by atoms with Gasteiger partial charge in [-0.1, -0.05) is 103 Å². The van der Waals surface area contributed by atoms with Crippen LogP contribution in [0.2, 0.25) is 0 Å². The number of halogens is 1. The molecular weight excluding hydrogens is 560 g/mol. The van der Waals surface area contributed by atoms with Crippen molar-refractivity contribution in [2.45, 2.75) is 42.7 Å². The highest BCUT2D eigenvalue weighted by atomic mass is 35.5. The number of hydrogen-bond donors (Lipinski definition) is 1. The van der Waals surface area contributed by atoms with Crippen molar-refractivity contribution >= 4 is 29.4 Å². The molecule has 1 aliphatic heterocycles. The molecule has 1 aliphatic rings. The minimum atomic E-state index is -0.528. The number of aromatic nitrogens is 2. The van der Waals surface area contributed by atoms with Gasteiger partial charge in [0.05, 0.1) is 37.2 Å². The Morgan fingerprint density at radius 1 is 0.780 bits per heavy atom. The molecule has 1 unspecified atom stereocenters. The summed E-state index contributed by atoms with van der Waals surface area (Å²) < 4.78 is 20.8. The molecule has 0 amide bonds. The number of thioether (sulfide) groups is 1. The minimum Gasteiger partial charge on any atom is -0.376 e. The fourth-order valence-electron chi connectivity index (χ4n) is 4.72. The van der Waals surface area contributed by atoms with Crippen LogP contribution >= 0.6 is 23.4 Å². The maximum Gasteiger partial charge on any atom is 0.329 e. The van der Waals surface area contributed by atoms with Crippen LogP contribution in [0.15, 0.2) is 112 Å². The number of nitrogens with zero attached hydrogens (tertiary/aromatic N) is 1. The van der Waals surface area contributed by atoms with Crippen molar-refractivity contribution in [2.24, 2.45) is 0 Å². The van der Waals surface area contributed by atoms with Crippen molar-refractivity contribution in [1.82, 2.24) is 9.55 Å². The first-order chi connectivity index (χ1) is 20.1. The first kappa shape index (κ1) is 29.1. The molecule has 0 saturated carbocycles. The van der Waals surface area contributed by atoms with E-state index in [1.807, 2.05) is 91.0 Å². The molecule has 4 atom stereocenters. The van der Waals surface area contributed by atoms with E-state index in [1.165, 1.54) is 22.4 Å². The molecule has 0 bridgehead atoms. The SMILES string of the molecule is O=c1[nH]c(=O)n(C2S[C@H](COCc3ccccc3)[C@@H](OCc3ccccc3)[C@@H]2OCc2ccccc2)cc1/C=C/Cl. The highest BCUT2D eigenvalue weighted by Gasteiger charge is 2.47. The van der Waals surface area contributed by atoms with E-state index in [1.54, 1.807) is 11.8 Å². The summed E-state index contributed by atoms with van der Waals surface area (Å²) in [5, 5.41) is -0.643. The highest BCUT2D eigenvalue weighted by Crippen LogP contribution is 2.45. The fourth-order valence-corrected chi connectivity index (χ4v) is 6.46. The van der Waals surface area contributed by atoms with Gasteiger partial charge < -0.3 is 14.2 Å². The van der Waals surface area contributed by atoms with Gasteiger partial charge in [-0.25, -0.2) is 4.79 Å². The summed E-state index contributed by atoms with van der Waals surface area (Å²) in [6.07, 6.45) is 2.05. The molecule has 1 N–H and O–H groups in total. The Bertz CT molecular complexity index is 1530. The minimum absolute atomic E-state index is 0.154. The molecule has 1 saturated heterocycles. The molecule has 9 heteroatoms. The number of nitrogens with one attached hydrogen (secondary N) is 1. The second kappa shape index (κ2) is 14.5. The normalized spacial score (nSPS) is 20.5. The van der Waals surface area contributed by atoms with Crippen LogP contribution in [0.4, 0.5) is 0 Å². The maximum absolute atomic E-state index is 13.1. The lowest BCUT2D eigenvalue weighted by molar-refractivity contribution is -0.0920. The molecule has 0 spiro atoms. The smallest absolute Gasteiger partial charge is 0.329 e. The van der Waals surface area contributed by atoms with E-state index in [0.29, 0.717) is 26.4 Å². The third-order valence-electron chi connectivity index (χ3n) is 6.76. The van der Waals surface area contributed by atoms with Gasteiger partial charge in [0, 0.05) is 11.7 Å². The molecule has 5 rings (SSSR count). The monoisotopic (exact) mass is 590 g/mol. The molecule has 3 aromatic carbocycles. The molecule has 41 heavy (non-hydrogen) atoms. The molecule has 4 aromatic rings. The van der Waals surface area contributed by atoms with Gasteiger partial charge in [-0.2, -0.15) is 0 Å². The zero-order valence-electron chi connectivity index (χ0n) is 22.3.